The Morgan fingerprint density at radius 3 is 2.52 bits per heavy atom. The number of hydrogen-bond donors (Lipinski definition) is 1. The largest absolute Gasteiger partial charge is 0.493 e. The van der Waals surface area contributed by atoms with Gasteiger partial charge in [0.05, 0.1) is 19.6 Å². The fraction of sp³-hybridized carbons (Fsp3) is 0.375. The van der Waals surface area contributed by atoms with E-state index in [2.05, 4.69) is 5.32 Å². The third kappa shape index (κ3) is 6.31. The van der Waals surface area contributed by atoms with Gasteiger partial charge in [0.15, 0.2) is 0 Å². The lowest BCUT2D eigenvalue weighted by molar-refractivity contribution is -0.147. The van der Waals surface area contributed by atoms with Crippen LogP contribution in [0.5, 0.6) is 5.75 Å². The summed E-state index contributed by atoms with van der Waals surface area (Å²) in [6.45, 7) is 3.42. The van der Waals surface area contributed by atoms with Gasteiger partial charge in [-0.2, -0.15) is 0 Å². The molecule has 0 aromatic heterocycles. The monoisotopic (exact) mass is 424 g/mol. The molecule has 2 aromatic carbocycles. The molecule has 0 aliphatic carbocycles. The van der Waals surface area contributed by atoms with Crippen molar-refractivity contribution in [1.29, 1.82) is 0 Å². The third-order valence-electron chi connectivity index (χ3n) is 5.02. The lowest BCUT2D eigenvalue weighted by atomic mass is 10.1. The molecule has 2 aromatic rings. The summed E-state index contributed by atoms with van der Waals surface area (Å²) in [6, 6.07) is 16.0. The summed E-state index contributed by atoms with van der Waals surface area (Å²) in [4.78, 5) is 38.8. The lowest BCUT2D eigenvalue weighted by Gasteiger charge is -2.34. The topological polar surface area (TPSA) is 84.9 Å². The zero-order chi connectivity index (χ0) is 22.1. The molecule has 31 heavy (non-hydrogen) atoms. The zero-order valence-electron chi connectivity index (χ0n) is 17.7. The Labute approximate surface area is 182 Å². The van der Waals surface area contributed by atoms with Gasteiger partial charge in [-0.05, 0) is 36.2 Å². The molecule has 0 bridgehead atoms. The normalized spacial score (nSPS) is 15.8. The van der Waals surface area contributed by atoms with Gasteiger partial charge in [0.2, 0.25) is 5.91 Å². The van der Waals surface area contributed by atoms with Gasteiger partial charge in [-0.3, -0.25) is 14.4 Å². The molecule has 1 saturated heterocycles. The minimum absolute atomic E-state index is 0.155. The Kier molecular flexibility index (Phi) is 8.04. The van der Waals surface area contributed by atoms with E-state index in [1.807, 2.05) is 37.3 Å². The number of carbonyl (C=O) groups excluding carboxylic acids is 3. The second-order valence-corrected chi connectivity index (χ2v) is 7.34. The average Bonchev–Trinajstić information content (AvgIpc) is 2.80. The Morgan fingerprint density at radius 1 is 1.06 bits per heavy atom. The quantitative estimate of drug-likeness (QED) is 0.626. The van der Waals surface area contributed by atoms with Crippen molar-refractivity contribution < 1.29 is 23.9 Å². The number of benzene rings is 2. The van der Waals surface area contributed by atoms with Crippen LogP contribution >= 0.6 is 0 Å². The van der Waals surface area contributed by atoms with E-state index in [1.165, 1.54) is 10.5 Å². The van der Waals surface area contributed by atoms with Crippen molar-refractivity contribution in [2.45, 2.75) is 32.2 Å². The predicted octanol–water partition coefficient (Wildman–Crippen LogP) is 2.59. The second kappa shape index (κ2) is 11.2. The molecule has 1 aliphatic heterocycles. The van der Waals surface area contributed by atoms with Crippen LogP contribution in [0.25, 0.3) is 0 Å². The number of esters is 1. The van der Waals surface area contributed by atoms with Crippen LogP contribution in [0, 0.1) is 0 Å². The first-order valence-corrected chi connectivity index (χ1v) is 10.6. The molecule has 7 heteroatoms. The molecule has 1 unspecified atom stereocenters. The highest BCUT2D eigenvalue weighted by Gasteiger charge is 2.35. The van der Waals surface area contributed by atoms with Crippen molar-refractivity contribution >= 4 is 17.8 Å². The SMILES string of the molecule is CCCOC(=O)CC1C(=O)NCCN1C(=O)c1ccc(OCCc2ccccc2)cc1. The third-order valence-corrected chi connectivity index (χ3v) is 5.02. The number of nitrogens with zero attached hydrogens (tertiary/aromatic N) is 1. The minimum atomic E-state index is -0.868. The Hall–Kier alpha value is -3.35. The van der Waals surface area contributed by atoms with Crippen LogP contribution in [0.15, 0.2) is 54.6 Å². The molecule has 1 heterocycles. The molecule has 7 nitrogen and oxygen atoms in total. The van der Waals surface area contributed by atoms with Crippen LogP contribution in [0.3, 0.4) is 0 Å². The number of carbonyl (C=O) groups is 3. The van der Waals surface area contributed by atoms with Crippen LogP contribution < -0.4 is 10.1 Å². The van der Waals surface area contributed by atoms with E-state index < -0.39 is 12.0 Å². The van der Waals surface area contributed by atoms with Gasteiger partial charge in [0.25, 0.3) is 5.91 Å². The minimum Gasteiger partial charge on any atom is -0.493 e. The molecule has 164 valence electrons. The summed E-state index contributed by atoms with van der Waals surface area (Å²) in [6.07, 6.45) is 1.34. The van der Waals surface area contributed by atoms with Crippen molar-refractivity contribution in [3.8, 4) is 5.75 Å². The average molecular weight is 424 g/mol. The van der Waals surface area contributed by atoms with E-state index in [4.69, 9.17) is 9.47 Å². The Balaban J connectivity index is 1.59. The van der Waals surface area contributed by atoms with Gasteiger partial charge in [-0.15, -0.1) is 0 Å². The van der Waals surface area contributed by atoms with Crippen LogP contribution in [0.2, 0.25) is 0 Å². The van der Waals surface area contributed by atoms with Crippen molar-refractivity contribution in [3.05, 3.63) is 65.7 Å². The first-order chi connectivity index (χ1) is 15.1. The van der Waals surface area contributed by atoms with Crippen LogP contribution in [-0.4, -0.2) is 55.0 Å². The van der Waals surface area contributed by atoms with Crippen molar-refractivity contribution in [1.82, 2.24) is 10.2 Å². The smallest absolute Gasteiger partial charge is 0.308 e. The molecule has 1 aliphatic rings. The molecule has 0 spiro atoms. The Bertz CT molecular complexity index is 883. The van der Waals surface area contributed by atoms with Gasteiger partial charge < -0.3 is 19.7 Å². The van der Waals surface area contributed by atoms with Gasteiger partial charge in [-0.25, -0.2) is 0 Å². The van der Waals surface area contributed by atoms with Crippen molar-refractivity contribution in [3.63, 3.8) is 0 Å². The van der Waals surface area contributed by atoms with Crippen LogP contribution in [-0.2, 0) is 20.7 Å². The highest BCUT2D eigenvalue weighted by atomic mass is 16.5. The van der Waals surface area contributed by atoms with E-state index in [0.29, 0.717) is 44.0 Å². The van der Waals surface area contributed by atoms with E-state index in [0.717, 1.165) is 6.42 Å². The molecule has 1 fully saturated rings. The molecular formula is C24H28N2O5. The lowest BCUT2D eigenvalue weighted by Crippen LogP contribution is -2.57. The standard InChI is InChI=1S/C24H28N2O5/c1-2-15-31-22(27)17-21-23(28)25-13-14-26(21)24(29)19-8-10-20(11-9-19)30-16-12-18-6-4-3-5-7-18/h3-11,21H,2,12-17H2,1H3,(H,25,28). The molecule has 3 rings (SSSR count). The van der Waals surface area contributed by atoms with E-state index in [-0.39, 0.29) is 18.2 Å². The number of piperazine rings is 1. The molecule has 0 radical (unpaired) electrons. The van der Waals surface area contributed by atoms with E-state index in [9.17, 15) is 14.4 Å². The number of rotatable bonds is 9. The second-order valence-electron chi connectivity index (χ2n) is 7.34. The van der Waals surface area contributed by atoms with Crippen molar-refractivity contribution in [2.24, 2.45) is 0 Å². The first kappa shape index (κ1) is 22.3. The maximum atomic E-state index is 13.0. The summed E-state index contributed by atoms with van der Waals surface area (Å²) in [5.41, 5.74) is 1.64. The van der Waals surface area contributed by atoms with Gasteiger partial charge in [0, 0.05) is 25.1 Å². The Morgan fingerprint density at radius 2 is 1.81 bits per heavy atom. The molecule has 2 amide bonds. The molecule has 0 saturated carbocycles. The molecular weight excluding hydrogens is 396 g/mol. The molecule has 1 atom stereocenters. The zero-order valence-corrected chi connectivity index (χ0v) is 17.7. The van der Waals surface area contributed by atoms with Crippen LogP contribution in [0.1, 0.15) is 35.7 Å². The van der Waals surface area contributed by atoms with Crippen molar-refractivity contribution in [2.75, 3.05) is 26.3 Å². The summed E-state index contributed by atoms with van der Waals surface area (Å²) in [5.74, 6) is -0.444. The number of amides is 2. The first-order valence-electron chi connectivity index (χ1n) is 10.6. The number of nitrogens with one attached hydrogen (secondary N) is 1. The fourth-order valence-corrected chi connectivity index (χ4v) is 3.38. The van der Waals surface area contributed by atoms with E-state index >= 15 is 0 Å². The van der Waals surface area contributed by atoms with Gasteiger partial charge in [-0.1, -0.05) is 37.3 Å². The maximum absolute atomic E-state index is 13.0. The summed E-state index contributed by atoms with van der Waals surface area (Å²) in [5, 5.41) is 2.72. The highest BCUT2D eigenvalue weighted by Crippen LogP contribution is 2.18. The van der Waals surface area contributed by atoms with Gasteiger partial charge in [0.1, 0.15) is 11.8 Å². The van der Waals surface area contributed by atoms with Crippen LogP contribution in [0.4, 0.5) is 0 Å². The van der Waals surface area contributed by atoms with Gasteiger partial charge >= 0.3 is 5.97 Å². The fourth-order valence-electron chi connectivity index (χ4n) is 3.38. The van der Waals surface area contributed by atoms with E-state index in [1.54, 1.807) is 24.3 Å². The predicted molar refractivity (Wildman–Crippen MR) is 116 cm³/mol. The summed E-state index contributed by atoms with van der Waals surface area (Å²) >= 11 is 0. The number of ether oxygens (including phenoxy) is 2. The maximum Gasteiger partial charge on any atom is 0.308 e. The summed E-state index contributed by atoms with van der Waals surface area (Å²) < 4.78 is 10.9. The number of hydrogen-bond acceptors (Lipinski definition) is 5. The summed E-state index contributed by atoms with van der Waals surface area (Å²) in [7, 11) is 0. The highest BCUT2D eigenvalue weighted by molar-refractivity contribution is 5.99. The molecule has 1 N–H and O–H groups in total.